The molecule has 0 bridgehead atoms. The molecule has 0 unspecified atom stereocenters. The number of piperidine rings is 1. The first kappa shape index (κ1) is 14.9. The predicted molar refractivity (Wildman–Crippen MR) is 76.9 cm³/mol. The Morgan fingerprint density at radius 1 is 1.14 bits per heavy atom. The van der Waals surface area contributed by atoms with E-state index < -0.39 is 0 Å². The molecule has 2 fully saturated rings. The van der Waals surface area contributed by atoms with Gasteiger partial charge in [-0.2, -0.15) is 4.98 Å². The average Bonchev–Trinajstić information content (AvgIpc) is 3.08. The number of ether oxygens (including phenoxy) is 2. The summed E-state index contributed by atoms with van der Waals surface area (Å²) in [7, 11) is 0. The summed E-state index contributed by atoms with van der Waals surface area (Å²) >= 11 is 0. The Labute approximate surface area is 125 Å². The molecule has 3 rings (SSSR count). The summed E-state index contributed by atoms with van der Waals surface area (Å²) in [6.45, 7) is 11.7. The van der Waals surface area contributed by atoms with Gasteiger partial charge in [-0.15, -0.1) is 0 Å². The number of nitrogens with zero attached hydrogens (tertiary/aromatic N) is 3. The molecule has 1 spiro atoms. The Bertz CT molecular complexity index is 479. The third-order valence-corrected chi connectivity index (χ3v) is 4.39. The lowest BCUT2D eigenvalue weighted by Crippen LogP contribution is -2.45. The van der Waals surface area contributed by atoms with E-state index in [1.165, 1.54) is 0 Å². The van der Waals surface area contributed by atoms with Crippen molar-refractivity contribution in [3.05, 3.63) is 11.7 Å². The van der Waals surface area contributed by atoms with Crippen molar-refractivity contribution in [1.29, 1.82) is 0 Å². The maximum Gasteiger partial charge on any atom is 0.243 e. The summed E-state index contributed by atoms with van der Waals surface area (Å²) in [5.74, 6) is 1.13. The minimum Gasteiger partial charge on any atom is -0.347 e. The molecule has 0 amide bonds. The standard InChI is InChI=1S/C15H25N3O3/c1-11(12-16-13(17-21-12)14(2,3)4)18-7-5-15(6-8-18)19-9-10-20-15/h11H,5-10H2,1-4H3/t11-/m0/s1. The van der Waals surface area contributed by atoms with Crippen LogP contribution in [0.3, 0.4) is 0 Å². The molecular formula is C15H25N3O3. The van der Waals surface area contributed by atoms with Crippen LogP contribution in [0.2, 0.25) is 0 Å². The number of hydrogen-bond acceptors (Lipinski definition) is 6. The molecule has 2 aliphatic heterocycles. The summed E-state index contributed by atoms with van der Waals surface area (Å²) in [5.41, 5.74) is -0.0844. The summed E-state index contributed by atoms with van der Waals surface area (Å²) < 4.78 is 17.0. The van der Waals surface area contributed by atoms with Gasteiger partial charge in [0, 0.05) is 31.3 Å². The average molecular weight is 295 g/mol. The van der Waals surface area contributed by atoms with Gasteiger partial charge in [-0.25, -0.2) is 0 Å². The fourth-order valence-electron chi connectivity index (χ4n) is 2.90. The van der Waals surface area contributed by atoms with E-state index in [0.29, 0.717) is 19.1 Å². The van der Waals surface area contributed by atoms with Crippen LogP contribution in [0.5, 0.6) is 0 Å². The van der Waals surface area contributed by atoms with Crippen LogP contribution in [-0.4, -0.2) is 47.1 Å². The van der Waals surface area contributed by atoms with Crippen LogP contribution in [0.1, 0.15) is 58.3 Å². The lowest BCUT2D eigenvalue weighted by molar-refractivity contribution is -0.188. The minimum atomic E-state index is -0.332. The van der Waals surface area contributed by atoms with Crippen LogP contribution >= 0.6 is 0 Å². The van der Waals surface area contributed by atoms with E-state index in [4.69, 9.17) is 14.0 Å². The van der Waals surface area contributed by atoms with E-state index >= 15 is 0 Å². The maximum atomic E-state index is 5.76. The van der Waals surface area contributed by atoms with Crippen molar-refractivity contribution in [2.75, 3.05) is 26.3 Å². The molecule has 0 aromatic carbocycles. The molecular weight excluding hydrogens is 270 g/mol. The molecule has 6 nitrogen and oxygen atoms in total. The van der Waals surface area contributed by atoms with E-state index in [1.54, 1.807) is 0 Å². The van der Waals surface area contributed by atoms with Crippen LogP contribution in [0, 0.1) is 0 Å². The summed E-state index contributed by atoms with van der Waals surface area (Å²) in [6, 6.07) is 0.132. The summed E-state index contributed by atoms with van der Waals surface area (Å²) in [6.07, 6.45) is 1.80. The first-order chi connectivity index (χ1) is 9.90. The molecule has 6 heteroatoms. The third kappa shape index (κ3) is 2.98. The van der Waals surface area contributed by atoms with Crippen LogP contribution in [0.4, 0.5) is 0 Å². The highest BCUT2D eigenvalue weighted by Gasteiger charge is 2.41. The summed E-state index contributed by atoms with van der Waals surface area (Å²) in [5, 5.41) is 4.11. The highest BCUT2D eigenvalue weighted by atomic mass is 16.7. The van der Waals surface area contributed by atoms with Crippen LogP contribution in [0.25, 0.3) is 0 Å². The van der Waals surface area contributed by atoms with Gasteiger partial charge in [-0.1, -0.05) is 25.9 Å². The van der Waals surface area contributed by atoms with Crippen LogP contribution < -0.4 is 0 Å². The number of hydrogen-bond donors (Lipinski definition) is 0. The molecule has 1 atom stereocenters. The molecule has 3 heterocycles. The van der Waals surface area contributed by atoms with E-state index in [1.807, 2.05) is 0 Å². The topological polar surface area (TPSA) is 60.6 Å². The van der Waals surface area contributed by atoms with E-state index in [0.717, 1.165) is 31.8 Å². The molecule has 0 aliphatic carbocycles. The van der Waals surface area contributed by atoms with E-state index in [9.17, 15) is 0 Å². The van der Waals surface area contributed by atoms with Gasteiger partial charge in [0.05, 0.1) is 19.3 Å². The molecule has 2 saturated heterocycles. The molecule has 0 radical (unpaired) electrons. The lowest BCUT2D eigenvalue weighted by atomic mass is 9.96. The second-order valence-corrected chi connectivity index (χ2v) is 7.03. The Morgan fingerprint density at radius 2 is 1.76 bits per heavy atom. The minimum absolute atomic E-state index is 0.0844. The van der Waals surface area contributed by atoms with Gasteiger partial charge in [-0.05, 0) is 6.92 Å². The Morgan fingerprint density at radius 3 is 2.29 bits per heavy atom. The van der Waals surface area contributed by atoms with E-state index in [-0.39, 0.29) is 17.2 Å². The van der Waals surface area contributed by atoms with Crippen molar-refractivity contribution in [2.24, 2.45) is 0 Å². The first-order valence-corrected chi connectivity index (χ1v) is 7.76. The molecule has 118 valence electrons. The fourth-order valence-corrected chi connectivity index (χ4v) is 2.90. The van der Waals surface area contributed by atoms with Crippen molar-refractivity contribution in [1.82, 2.24) is 15.0 Å². The molecule has 1 aromatic heterocycles. The monoisotopic (exact) mass is 295 g/mol. The fraction of sp³-hybridized carbons (Fsp3) is 0.867. The quantitative estimate of drug-likeness (QED) is 0.834. The predicted octanol–water partition coefficient (Wildman–Crippen LogP) is 2.27. The van der Waals surface area contributed by atoms with Crippen molar-refractivity contribution in [2.45, 2.75) is 57.8 Å². The van der Waals surface area contributed by atoms with Gasteiger partial charge in [-0.3, -0.25) is 4.90 Å². The molecule has 0 saturated carbocycles. The van der Waals surface area contributed by atoms with Gasteiger partial charge in [0.15, 0.2) is 11.6 Å². The van der Waals surface area contributed by atoms with Crippen molar-refractivity contribution >= 4 is 0 Å². The summed E-state index contributed by atoms with van der Waals surface area (Å²) in [4.78, 5) is 6.92. The van der Waals surface area contributed by atoms with E-state index in [2.05, 4.69) is 42.7 Å². The zero-order valence-electron chi connectivity index (χ0n) is 13.4. The van der Waals surface area contributed by atoms with Gasteiger partial charge < -0.3 is 14.0 Å². The number of likely N-dealkylation sites (tertiary alicyclic amines) is 1. The number of rotatable bonds is 2. The molecule has 0 N–H and O–H groups in total. The number of aromatic nitrogens is 2. The van der Waals surface area contributed by atoms with Crippen molar-refractivity contribution in [3.63, 3.8) is 0 Å². The molecule has 21 heavy (non-hydrogen) atoms. The molecule has 2 aliphatic rings. The Kier molecular flexibility index (Phi) is 3.80. The van der Waals surface area contributed by atoms with Crippen molar-refractivity contribution < 1.29 is 14.0 Å². The normalized spacial score (nSPS) is 24.6. The lowest BCUT2D eigenvalue weighted by Gasteiger charge is -2.39. The molecule has 1 aromatic rings. The van der Waals surface area contributed by atoms with Gasteiger partial charge in [0.25, 0.3) is 0 Å². The Hall–Kier alpha value is -0.980. The van der Waals surface area contributed by atoms with Gasteiger partial charge in [0.1, 0.15) is 0 Å². The van der Waals surface area contributed by atoms with Gasteiger partial charge >= 0.3 is 0 Å². The van der Waals surface area contributed by atoms with Crippen LogP contribution in [0.15, 0.2) is 4.52 Å². The highest BCUT2D eigenvalue weighted by molar-refractivity contribution is 5.02. The highest BCUT2D eigenvalue weighted by Crippen LogP contribution is 2.34. The van der Waals surface area contributed by atoms with Crippen molar-refractivity contribution in [3.8, 4) is 0 Å². The zero-order valence-corrected chi connectivity index (χ0v) is 13.4. The SMILES string of the molecule is C[C@@H](c1nc(C(C)(C)C)no1)N1CCC2(CC1)OCCO2. The second-order valence-electron chi connectivity index (χ2n) is 7.03. The van der Waals surface area contributed by atoms with Crippen LogP contribution in [-0.2, 0) is 14.9 Å². The third-order valence-electron chi connectivity index (χ3n) is 4.39. The zero-order chi connectivity index (χ0) is 15.1. The Balaban J connectivity index is 1.63. The second kappa shape index (κ2) is 5.34. The first-order valence-electron chi connectivity index (χ1n) is 7.76. The maximum absolute atomic E-state index is 5.76. The largest absolute Gasteiger partial charge is 0.347 e. The smallest absolute Gasteiger partial charge is 0.243 e. The van der Waals surface area contributed by atoms with Gasteiger partial charge in [0.2, 0.25) is 5.89 Å².